The lowest BCUT2D eigenvalue weighted by atomic mass is 10.1. The molecule has 0 fully saturated rings. The van der Waals surface area contributed by atoms with Crippen LogP contribution >= 0.6 is 28.6 Å². The number of rotatable bonds is 5. The molecule has 0 aliphatic carbocycles. The molecule has 2 aromatic rings. The van der Waals surface area contributed by atoms with Gasteiger partial charge in [-0.05, 0) is 29.7 Å². The van der Waals surface area contributed by atoms with Crippen LogP contribution in [0.2, 0.25) is 0 Å². The summed E-state index contributed by atoms with van der Waals surface area (Å²) in [7, 11) is 1.82. The van der Waals surface area contributed by atoms with Crippen molar-refractivity contribution in [2.24, 2.45) is 0 Å². The third kappa shape index (κ3) is 4.90. The molecular formula is C17H18BrNOS. The zero-order valence-electron chi connectivity index (χ0n) is 11.9. The summed E-state index contributed by atoms with van der Waals surface area (Å²) in [6.07, 6.45) is 0.646. The standard InChI is InChI=1S/C17H18BrNOS/c1-19(12-14-7-9-15(18)10-8-14)17(20)16(21)11-13-5-3-2-4-6-13/h2-10,16,21H,11-12H2,1H3. The Morgan fingerprint density at radius 3 is 2.33 bits per heavy atom. The Balaban J connectivity index is 1.93. The molecule has 0 saturated heterocycles. The van der Waals surface area contributed by atoms with Crippen LogP contribution in [0.1, 0.15) is 11.1 Å². The second-order valence-corrected chi connectivity index (χ2v) is 6.57. The zero-order valence-corrected chi connectivity index (χ0v) is 14.3. The van der Waals surface area contributed by atoms with E-state index < -0.39 is 0 Å². The van der Waals surface area contributed by atoms with Crippen molar-refractivity contribution >= 4 is 34.5 Å². The highest BCUT2D eigenvalue weighted by molar-refractivity contribution is 9.10. The molecule has 0 radical (unpaired) electrons. The lowest BCUT2D eigenvalue weighted by molar-refractivity contribution is -0.129. The normalized spacial score (nSPS) is 12.0. The topological polar surface area (TPSA) is 20.3 Å². The van der Waals surface area contributed by atoms with E-state index in [2.05, 4.69) is 28.6 Å². The van der Waals surface area contributed by atoms with E-state index in [-0.39, 0.29) is 11.2 Å². The fourth-order valence-corrected chi connectivity index (χ4v) is 2.79. The van der Waals surface area contributed by atoms with Gasteiger partial charge in [-0.25, -0.2) is 0 Å². The Bertz CT molecular complexity index is 585. The van der Waals surface area contributed by atoms with Crippen LogP contribution in [0.3, 0.4) is 0 Å². The molecule has 2 rings (SSSR count). The monoisotopic (exact) mass is 363 g/mol. The predicted octanol–water partition coefficient (Wildman–Crippen LogP) is 3.95. The van der Waals surface area contributed by atoms with Crippen LogP contribution in [0.25, 0.3) is 0 Å². The van der Waals surface area contributed by atoms with Gasteiger partial charge in [-0.1, -0.05) is 58.4 Å². The van der Waals surface area contributed by atoms with Gasteiger partial charge in [-0.3, -0.25) is 4.79 Å². The number of nitrogens with zero attached hydrogens (tertiary/aromatic N) is 1. The summed E-state index contributed by atoms with van der Waals surface area (Å²) in [6.45, 7) is 0.595. The largest absolute Gasteiger partial charge is 0.340 e. The van der Waals surface area contributed by atoms with Crippen LogP contribution in [0.4, 0.5) is 0 Å². The molecule has 110 valence electrons. The van der Waals surface area contributed by atoms with Gasteiger partial charge < -0.3 is 4.90 Å². The number of hydrogen-bond donors (Lipinski definition) is 1. The summed E-state index contributed by atoms with van der Waals surface area (Å²) < 4.78 is 1.04. The van der Waals surface area contributed by atoms with E-state index in [4.69, 9.17) is 0 Å². The number of carbonyl (C=O) groups excluding carboxylic acids is 1. The molecule has 0 aliphatic rings. The number of amides is 1. The van der Waals surface area contributed by atoms with Gasteiger partial charge in [0.2, 0.25) is 5.91 Å². The molecule has 21 heavy (non-hydrogen) atoms. The quantitative estimate of drug-likeness (QED) is 0.797. The molecule has 1 atom stereocenters. The molecule has 0 heterocycles. The predicted molar refractivity (Wildman–Crippen MR) is 93.5 cm³/mol. The van der Waals surface area contributed by atoms with E-state index >= 15 is 0 Å². The molecule has 0 aliphatic heterocycles. The highest BCUT2D eigenvalue weighted by Gasteiger charge is 2.18. The summed E-state index contributed by atoms with van der Waals surface area (Å²) in [5.41, 5.74) is 2.23. The lowest BCUT2D eigenvalue weighted by Crippen LogP contribution is -2.34. The first kappa shape index (κ1) is 16.1. The molecular weight excluding hydrogens is 346 g/mol. The van der Waals surface area contributed by atoms with Gasteiger partial charge in [0.05, 0.1) is 5.25 Å². The summed E-state index contributed by atoms with van der Waals surface area (Å²) in [6, 6.07) is 18.0. The smallest absolute Gasteiger partial charge is 0.235 e. The van der Waals surface area contributed by atoms with Crippen molar-refractivity contribution in [2.75, 3.05) is 7.05 Å². The maximum Gasteiger partial charge on any atom is 0.235 e. The Kier molecular flexibility index (Phi) is 5.88. The third-order valence-electron chi connectivity index (χ3n) is 3.27. The average Bonchev–Trinajstić information content (AvgIpc) is 2.49. The van der Waals surface area contributed by atoms with E-state index in [1.165, 1.54) is 0 Å². The molecule has 0 spiro atoms. The van der Waals surface area contributed by atoms with Crippen molar-refractivity contribution in [3.8, 4) is 0 Å². The van der Waals surface area contributed by atoms with Crippen molar-refractivity contribution in [1.82, 2.24) is 4.90 Å². The van der Waals surface area contributed by atoms with Gasteiger partial charge in [-0.15, -0.1) is 0 Å². The van der Waals surface area contributed by atoms with Crippen molar-refractivity contribution in [1.29, 1.82) is 0 Å². The van der Waals surface area contributed by atoms with E-state index in [1.54, 1.807) is 4.90 Å². The molecule has 0 bridgehead atoms. The lowest BCUT2D eigenvalue weighted by Gasteiger charge is -2.21. The molecule has 2 nitrogen and oxygen atoms in total. The summed E-state index contributed by atoms with van der Waals surface area (Å²) in [5.74, 6) is 0.0464. The van der Waals surface area contributed by atoms with Crippen LogP contribution in [-0.2, 0) is 17.8 Å². The van der Waals surface area contributed by atoms with Crippen molar-refractivity contribution in [3.63, 3.8) is 0 Å². The maximum atomic E-state index is 12.4. The summed E-state index contributed by atoms with van der Waals surface area (Å²) in [4.78, 5) is 14.1. The minimum Gasteiger partial charge on any atom is -0.340 e. The minimum absolute atomic E-state index is 0.0464. The molecule has 0 saturated carbocycles. The van der Waals surface area contributed by atoms with Gasteiger partial charge in [0.25, 0.3) is 0 Å². The molecule has 1 amide bonds. The zero-order chi connectivity index (χ0) is 15.2. The fraction of sp³-hybridized carbons (Fsp3) is 0.235. The Morgan fingerprint density at radius 2 is 1.71 bits per heavy atom. The van der Waals surface area contributed by atoms with Gasteiger partial charge in [0.15, 0.2) is 0 Å². The molecule has 2 aromatic carbocycles. The first-order chi connectivity index (χ1) is 10.1. The number of benzene rings is 2. The van der Waals surface area contributed by atoms with Gasteiger partial charge in [0.1, 0.15) is 0 Å². The van der Waals surface area contributed by atoms with Crippen molar-refractivity contribution in [2.45, 2.75) is 18.2 Å². The Labute approximate surface area is 139 Å². The Hall–Kier alpha value is -1.26. The maximum absolute atomic E-state index is 12.4. The van der Waals surface area contributed by atoms with Gasteiger partial charge in [-0.2, -0.15) is 12.6 Å². The highest BCUT2D eigenvalue weighted by atomic mass is 79.9. The summed E-state index contributed by atoms with van der Waals surface area (Å²) in [5, 5.41) is -0.312. The molecule has 4 heteroatoms. The van der Waals surface area contributed by atoms with Gasteiger partial charge in [0, 0.05) is 18.1 Å². The fourth-order valence-electron chi connectivity index (χ4n) is 2.12. The van der Waals surface area contributed by atoms with E-state index in [0.717, 1.165) is 15.6 Å². The van der Waals surface area contributed by atoms with Crippen LogP contribution in [0, 0.1) is 0 Å². The Morgan fingerprint density at radius 1 is 1.10 bits per heavy atom. The second-order valence-electron chi connectivity index (χ2n) is 5.03. The van der Waals surface area contributed by atoms with Crippen molar-refractivity contribution in [3.05, 3.63) is 70.2 Å². The molecule has 0 N–H and O–H groups in total. The van der Waals surface area contributed by atoms with Crippen LogP contribution in [0.15, 0.2) is 59.1 Å². The van der Waals surface area contributed by atoms with E-state index in [9.17, 15) is 4.79 Å². The number of halogens is 1. The molecule has 0 aromatic heterocycles. The first-order valence-corrected chi connectivity index (χ1v) is 8.08. The van der Waals surface area contributed by atoms with Crippen LogP contribution in [0.5, 0.6) is 0 Å². The van der Waals surface area contributed by atoms with Crippen LogP contribution in [-0.4, -0.2) is 23.1 Å². The van der Waals surface area contributed by atoms with Crippen molar-refractivity contribution < 1.29 is 4.79 Å². The number of hydrogen-bond acceptors (Lipinski definition) is 2. The van der Waals surface area contributed by atoms with E-state index in [1.807, 2.05) is 61.6 Å². The minimum atomic E-state index is -0.312. The highest BCUT2D eigenvalue weighted by Crippen LogP contribution is 2.14. The van der Waals surface area contributed by atoms with Crippen LogP contribution < -0.4 is 0 Å². The summed E-state index contributed by atoms with van der Waals surface area (Å²) >= 11 is 7.87. The van der Waals surface area contributed by atoms with E-state index in [0.29, 0.717) is 13.0 Å². The SMILES string of the molecule is CN(Cc1ccc(Br)cc1)C(=O)C(S)Cc1ccccc1. The second kappa shape index (κ2) is 7.66. The van der Waals surface area contributed by atoms with Gasteiger partial charge >= 0.3 is 0 Å². The first-order valence-electron chi connectivity index (χ1n) is 6.77. The number of carbonyl (C=O) groups is 1. The average molecular weight is 364 g/mol. The third-order valence-corrected chi connectivity index (χ3v) is 4.20. The molecule has 1 unspecified atom stereocenters. The number of thiol groups is 1.